The number of amides is 1. The van der Waals surface area contributed by atoms with Crippen molar-refractivity contribution < 1.29 is 9.53 Å². The molecular formula is C17H20N2O2. The SMILES string of the molecule is COc1ccc(C(CCN)(C(N)=O)c2ccccc2)cc1. The maximum Gasteiger partial charge on any atom is 0.232 e. The zero-order chi connectivity index (χ0) is 15.3. The summed E-state index contributed by atoms with van der Waals surface area (Å²) < 4.78 is 5.17. The zero-order valence-electron chi connectivity index (χ0n) is 12.1. The van der Waals surface area contributed by atoms with Gasteiger partial charge in [-0.25, -0.2) is 0 Å². The van der Waals surface area contributed by atoms with Gasteiger partial charge in [0.05, 0.1) is 12.5 Å². The van der Waals surface area contributed by atoms with E-state index in [9.17, 15) is 4.79 Å². The molecule has 1 atom stereocenters. The van der Waals surface area contributed by atoms with Crippen LogP contribution in [0.25, 0.3) is 0 Å². The first kappa shape index (κ1) is 15.1. The maximum absolute atomic E-state index is 12.3. The number of primary amides is 1. The number of ether oxygens (including phenoxy) is 1. The third-order valence-corrected chi connectivity index (χ3v) is 3.79. The topological polar surface area (TPSA) is 78.3 Å². The van der Waals surface area contributed by atoms with Crippen LogP contribution in [0.1, 0.15) is 17.5 Å². The standard InChI is InChI=1S/C17H20N2O2/c1-21-15-9-7-14(8-10-15)17(11-12-18,16(19)20)13-5-3-2-4-6-13/h2-10H,11-12,18H2,1H3,(H2,19,20). The van der Waals surface area contributed by atoms with Gasteiger partial charge in [0, 0.05) is 0 Å². The Morgan fingerprint density at radius 3 is 2.10 bits per heavy atom. The Morgan fingerprint density at radius 2 is 1.62 bits per heavy atom. The molecular weight excluding hydrogens is 264 g/mol. The lowest BCUT2D eigenvalue weighted by Gasteiger charge is -2.31. The minimum atomic E-state index is -0.914. The summed E-state index contributed by atoms with van der Waals surface area (Å²) in [4.78, 5) is 12.3. The normalized spacial score (nSPS) is 13.4. The van der Waals surface area contributed by atoms with Crippen LogP contribution >= 0.6 is 0 Å². The lowest BCUT2D eigenvalue weighted by atomic mass is 9.71. The highest BCUT2D eigenvalue weighted by Gasteiger charge is 2.39. The molecule has 0 aliphatic rings. The Bertz CT molecular complexity index is 596. The van der Waals surface area contributed by atoms with Crippen LogP contribution in [0.4, 0.5) is 0 Å². The predicted molar refractivity (Wildman–Crippen MR) is 83.1 cm³/mol. The molecule has 2 aromatic rings. The number of methoxy groups -OCH3 is 1. The maximum atomic E-state index is 12.3. The van der Waals surface area contributed by atoms with Crippen LogP contribution in [0.2, 0.25) is 0 Å². The smallest absolute Gasteiger partial charge is 0.232 e. The highest BCUT2D eigenvalue weighted by molar-refractivity contribution is 5.90. The van der Waals surface area contributed by atoms with Crippen molar-refractivity contribution >= 4 is 5.91 Å². The van der Waals surface area contributed by atoms with Crippen molar-refractivity contribution in [3.63, 3.8) is 0 Å². The lowest BCUT2D eigenvalue weighted by molar-refractivity contribution is -0.122. The summed E-state index contributed by atoms with van der Waals surface area (Å²) in [6.07, 6.45) is 0.457. The van der Waals surface area contributed by atoms with Gasteiger partial charge in [0.15, 0.2) is 0 Å². The van der Waals surface area contributed by atoms with Crippen molar-refractivity contribution in [2.24, 2.45) is 11.5 Å². The molecule has 4 N–H and O–H groups in total. The van der Waals surface area contributed by atoms with E-state index in [1.165, 1.54) is 0 Å². The Kier molecular flexibility index (Phi) is 4.60. The molecule has 0 fully saturated rings. The van der Waals surface area contributed by atoms with Gasteiger partial charge in [-0.05, 0) is 36.2 Å². The first-order valence-corrected chi connectivity index (χ1v) is 6.85. The van der Waals surface area contributed by atoms with Gasteiger partial charge in [0.25, 0.3) is 0 Å². The van der Waals surface area contributed by atoms with Crippen LogP contribution < -0.4 is 16.2 Å². The van der Waals surface area contributed by atoms with Gasteiger partial charge < -0.3 is 16.2 Å². The zero-order valence-corrected chi connectivity index (χ0v) is 12.1. The number of hydrogen-bond acceptors (Lipinski definition) is 3. The highest BCUT2D eigenvalue weighted by atomic mass is 16.5. The summed E-state index contributed by atoms with van der Waals surface area (Å²) >= 11 is 0. The van der Waals surface area contributed by atoms with Crippen molar-refractivity contribution in [3.8, 4) is 5.75 Å². The summed E-state index contributed by atoms with van der Waals surface area (Å²) in [6.45, 7) is 0.365. The van der Waals surface area contributed by atoms with Crippen molar-refractivity contribution in [3.05, 3.63) is 65.7 Å². The highest BCUT2D eigenvalue weighted by Crippen LogP contribution is 2.36. The van der Waals surface area contributed by atoms with Gasteiger partial charge in [0.2, 0.25) is 5.91 Å². The Balaban J connectivity index is 2.61. The van der Waals surface area contributed by atoms with E-state index < -0.39 is 11.3 Å². The Labute approximate surface area is 124 Å². The van der Waals surface area contributed by atoms with Gasteiger partial charge in [-0.2, -0.15) is 0 Å². The summed E-state index contributed by atoms with van der Waals surface area (Å²) in [6, 6.07) is 16.9. The number of nitrogens with two attached hydrogens (primary N) is 2. The molecule has 4 heteroatoms. The number of rotatable bonds is 6. The molecule has 0 saturated heterocycles. The van der Waals surface area contributed by atoms with E-state index in [0.717, 1.165) is 16.9 Å². The fourth-order valence-corrected chi connectivity index (χ4v) is 2.68. The summed E-state index contributed by atoms with van der Waals surface area (Å²) in [5.74, 6) is 0.335. The molecule has 0 aliphatic carbocycles. The molecule has 0 radical (unpaired) electrons. The molecule has 110 valence electrons. The van der Waals surface area contributed by atoms with Crippen LogP contribution in [-0.2, 0) is 10.2 Å². The van der Waals surface area contributed by atoms with E-state index in [0.29, 0.717) is 13.0 Å². The number of carbonyl (C=O) groups is 1. The molecule has 1 unspecified atom stereocenters. The van der Waals surface area contributed by atoms with E-state index in [1.807, 2.05) is 54.6 Å². The molecule has 0 spiro atoms. The molecule has 0 aliphatic heterocycles. The fraction of sp³-hybridized carbons (Fsp3) is 0.235. The number of benzene rings is 2. The monoisotopic (exact) mass is 284 g/mol. The van der Waals surface area contributed by atoms with Crippen LogP contribution in [0.15, 0.2) is 54.6 Å². The second kappa shape index (κ2) is 6.41. The van der Waals surface area contributed by atoms with Crippen LogP contribution in [0, 0.1) is 0 Å². The van der Waals surface area contributed by atoms with Gasteiger partial charge >= 0.3 is 0 Å². The average molecular weight is 284 g/mol. The molecule has 2 rings (SSSR count). The summed E-state index contributed by atoms with van der Waals surface area (Å²) in [7, 11) is 1.60. The van der Waals surface area contributed by atoms with E-state index in [4.69, 9.17) is 16.2 Å². The second-order valence-corrected chi connectivity index (χ2v) is 4.90. The number of hydrogen-bond donors (Lipinski definition) is 2. The second-order valence-electron chi connectivity index (χ2n) is 4.90. The minimum absolute atomic E-state index is 0.365. The largest absolute Gasteiger partial charge is 0.497 e. The van der Waals surface area contributed by atoms with Gasteiger partial charge in [-0.1, -0.05) is 42.5 Å². The lowest BCUT2D eigenvalue weighted by Crippen LogP contribution is -2.43. The molecule has 21 heavy (non-hydrogen) atoms. The van der Waals surface area contributed by atoms with Gasteiger partial charge in [-0.15, -0.1) is 0 Å². The van der Waals surface area contributed by atoms with Crippen molar-refractivity contribution in [2.75, 3.05) is 13.7 Å². The third-order valence-electron chi connectivity index (χ3n) is 3.79. The minimum Gasteiger partial charge on any atom is -0.497 e. The Morgan fingerprint density at radius 1 is 1.05 bits per heavy atom. The van der Waals surface area contributed by atoms with E-state index >= 15 is 0 Å². The van der Waals surface area contributed by atoms with Crippen molar-refractivity contribution in [2.45, 2.75) is 11.8 Å². The molecule has 4 nitrogen and oxygen atoms in total. The molecule has 0 saturated carbocycles. The van der Waals surface area contributed by atoms with Crippen LogP contribution in [0.3, 0.4) is 0 Å². The summed E-state index contributed by atoms with van der Waals surface area (Å²) in [5, 5.41) is 0. The quantitative estimate of drug-likeness (QED) is 0.849. The van der Waals surface area contributed by atoms with Gasteiger partial charge in [0.1, 0.15) is 5.75 Å². The predicted octanol–water partition coefficient (Wildman–Crippen LogP) is 1.82. The molecule has 0 aromatic heterocycles. The number of carbonyl (C=O) groups excluding carboxylic acids is 1. The molecule has 0 heterocycles. The van der Waals surface area contributed by atoms with E-state index in [2.05, 4.69) is 0 Å². The van der Waals surface area contributed by atoms with Crippen molar-refractivity contribution in [1.29, 1.82) is 0 Å². The summed E-state index contributed by atoms with van der Waals surface area (Å²) in [5.41, 5.74) is 12.3. The first-order chi connectivity index (χ1) is 10.1. The average Bonchev–Trinajstić information content (AvgIpc) is 2.53. The van der Waals surface area contributed by atoms with Gasteiger partial charge in [-0.3, -0.25) is 4.79 Å². The Hall–Kier alpha value is -2.33. The molecule has 1 amide bonds. The van der Waals surface area contributed by atoms with E-state index in [-0.39, 0.29) is 0 Å². The molecule has 2 aromatic carbocycles. The third kappa shape index (κ3) is 2.76. The van der Waals surface area contributed by atoms with Crippen LogP contribution in [-0.4, -0.2) is 19.6 Å². The van der Waals surface area contributed by atoms with E-state index in [1.54, 1.807) is 7.11 Å². The molecule has 0 bridgehead atoms. The van der Waals surface area contributed by atoms with Crippen LogP contribution in [0.5, 0.6) is 5.75 Å². The first-order valence-electron chi connectivity index (χ1n) is 6.85. The fourth-order valence-electron chi connectivity index (χ4n) is 2.68. The van der Waals surface area contributed by atoms with Crippen molar-refractivity contribution in [1.82, 2.24) is 0 Å².